The van der Waals surface area contributed by atoms with Gasteiger partial charge in [0.1, 0.15) is 5.75 Å². The summed E-state index contributed by atoms with van der Waals surface area (Å²) in [6, 6.07) is 19.8. The zero-order chi connectivity index (χ0) is 24.2. The molecule has 0 spiro atoms. The van der Waals surface area contributed by atoms with Crippen molar-refractivity contribution in [3.8, 4) is 5.75 Å². The van der Waals surface area contributed by atoms with Crippen LogP contribution in [0.5, 0.6) is 5.75 Å². The van der Waals surface area contributed by atoms with Crippen LogP contribution in [-0.4, -0.2) is 41.0 Å². The van der Waals surface area contributed by atoms with Crippen molar-refractivity contribution >= 4 is 35.1 Å². The van der Waals surface area contributed by atoms with Gasteiger partial charge >= 0.3 is 0 Å². The number of nitrogens with one attached hydrogen (secondary N) is 4. The Bertz CT molecular complexity index is 1130. The maximum absolute atomic E-state index is 12.3. The van der Waals surface area contributed by atoms with Gasteiger partial charge < -0.3 is 10.1 Å². The molecule has 174 valence electrons. The van der Waals surface area contributed by atoms with Crippen molar-refractivity contribution in [3.63, 3.8) is 0 Å². The van der Waals surface area contributed by atoms with Crippen molar-refractivity contribution < 1.29 is 19.1 Å². The second kappa shape index (κ2) is 12.7. The molecule has 3 amide bonds. The minimum atomic E-state index is -0.550. The van der Waals surface area contributed by atoms with Crippen molar-refractivity contribution in [3.05, 3.63) is 95.8 Å². The molecule has 0 unspecified atom stereocenters. The number of aromatic nitrogens is 1. The number of nitrogens with zero attached hydrogens (tertiary/aromatic N) is 1. The molecule has 0 fully saturated rings. The lowest BCUT2D eigenvalue weighted by atomic mass is 10.2. The molecule has 0 aliphatic rings. The molecule has 1 heterocycles. The highest BCUT2D eigenvalue weighted by Crippen LogP contribution is 2.13. The molecule has 4 N–H and O–H groups in total. The molecule has 3 rings (SSSR count). The summed E-state index contributed by atoms with van der Waals surface area (Å²) in [7, 11) is 0. The van der Waals surface area contributed by atoms with Crippen molar-refractivity contribution in [1.29, 1.82) is 0 Å². The predicted molar refractivity (Wildman–Crippen MR) is 130 cm³/mol. The van der Waals surface area contributed by atoms with Gasteiger partial charge in [0.25, 0.3) is 17.7 Å². The van der Waals surface area contributed by atoms with Crippen LogP contribution in [0.2, 0.25) is 0 Å². The van der Waals surface area contributed by atoms with Gasteiger partial charge in [-0.05, 0) is 54.2 Å². The summed E-state index contributed by atoms with van der Waals surface area (Å²) >= 11 is 5.01. The first-order chi connectivity index (χ1) is 16.5. The van der Waals surface area contributed by atoms with Crippen molar-refractivity contribution in [1.82, 2.24) is 26.5 Å². The molecule has 9 nitrogen and oxygen atoms in total. The SMILES string of the molecule is O=C(CNC(=O)c1cccnc1)NNC(=S)NC(=O)c1ccc(OCCc2ccccc2)cc1. The van der Waals surface area contributed by atoms with Crippen LogP contribution in [0.25, 0.3) is 0 Å². The lowest BCUT2D eigenvalue weighted by molar-refractivity contribution is -0.120. The Kier molecular flexibility index (Phi) is 9.06. The minimum absolute atomic E-state index is 0.0971. The lowest BCUT2D eigenvalue weighted by Gasteiger charge is -2.12. The van der Waals surface area contributed by atoms with Crippen molar-refractivity contribution in [2.75, 3.05) is 13.2 Å². The number of carbonyl (C=O) groups excluding carboxylic acids is 3. The lowest BCUT2D eigenvalue weighted by Crippen LogP contribution is -2.50. The molecule has 2 aromatic carbocycles. The number of hydrogen-bond acceptors (Lipinski definition) is 6. The molecule has 34 heavy (non-hydrogen) atoms. The zero-order valence-corrected chi connectivity index (χ0v) is 18.9. The molecule has 10 heteroatoms. The van der Waals surface area contributed by atoms with Gasteiger partial charge in [0.05, 0.1) is 18.7 Å². The van der Waals surface area contributed by atoms with Gasteiger partial charge in [-0.15, -0.1) is 0 Å². The van der Waals surface area contributed by atoms with E-state index in [1.54, 1.807) is 36.4 Å². The van der Waals surface area contributed by atoms with Crippen LogP contribution in [0, 0.1) is 0 Å². The molecule has 0 aliphatic carbocycles. The van der Waals surface area contributed by atoms with E-state index in [1.165, 1.54) is 18.0 Å². The van der Waals surface area contributed by atoms with E-state index in [2.05, 4.69) is 26.5 Å². The topological polar surface area (TPSA) is 121 Å². The van der Waals surface area contributed by atoms with E-state index in [-0.39, 0.29) is 11.7 Å². The van der Waals surface area contributed by atoms with Gasteiger partial charge in [0.15, 0.2) is 5.11 Å². The fourth-order valence-electron chi connectivity index (χ4n) is 2.77. The number of benzene rings is 2. The minimum Gasteiger partial charge on any atom is -0.493 e. The van der Waals surface area contributed by atoms with Crippen molar-refractivity contribution in [2.45, 2.75) is 6.42 Å². The molecule has 0 bridgehead atoms. The third kappa shape index (κ3) is 7.99. The quantitative estimate of drug-likeness (QED) is 0.288. The van der Waals surface area contributed by atoms with Crippen LogP contribution in [-0.2, 0) is 11.2 Å². The second-order valence-corrected chi connectivity index (χ2v) is 7.40. The average molecular weight is 478 g/mol. The van der Waals surface area contributed by atoms with E-state index < -0.39 is 17.7 Å². The number of pyridine rings is 1. The average Bonchev–Trinajstić information content (AvgIpc) is 2.87. The predicted octanol–water partition coefficient (Wildman–Crippen LogP) is 1.77. The number of ether oxygens (including phenoxy) is 1. The highest BCUT2D eigenvalue weighted by Gasteiger charge is 2.10. The van der Waals surface area contributed by atoms with Crippen molar-refractivity contribution in [2.24, 2.45) is 0 Å². The summed E-state index contributed by atoms with van der Waals surface area (Å²) in [6.45, 7) is 0.231. The Morgan fingerprint density at radius 1 is 0.853 bits per heavy atom. The molecule has 0 saturated heterocycles. The molecule has 0 saturated carbocycles. The van der Waals surface area contributed by atoms with Gasteiger partial charge in [0, 0.05) is 24.4 Å². The maximum Gasteiger partial charge on any atom is 0.257 e. The van der Waals surface area contributed by atoms with Crippen LogP contribution >= 0.6 is 12.2 Å². The zero-order valence-electron chi connectivity index (χ0n) is 18.1. The Hall–Kier alpha value is -4.31. The molecular formula is C24H23N5O4S. The Morgan fingerprint density at radius 2 is 1.62 bits per heavy atom. The first kappa shape index (κ1) is 24.3. The summed E-state index contributed by atoms with van der Waals surface area (Å²) < 4.78 is 5.71. The number of hydrazine groups is 1. The molecular weight excluding hydrogens is 454 g/mol. The number of amides is 3. The van der Waals surface area contributed by atoms with Crippen LogP contribution in [0.4, 0.5) is 0 Å². The Balaban J connectivity index is 1.35. The van der Waals surface area contributed by atoms with Gasteiger partial charge in [-0.1, -0.05) is 30.3 Å². The molecule has 0 atom stereocenters. The fourth-order valence-corrected chi connectivity index (χ4v) is 2.91. The molecule has 1 aromatic heterocycles. The van der Waals surface area contributed by atoms with Gasteiger partial charge in [0.2, 0.25) is 0 Å². The van der Waals surface area contributed by atoms with Gasteiger partial charge in [-0.25, -0.2) is 0 Å². The highest BCUT2D eigenvalue weighted by atomic mass is 32.1. The summed E-state index contributed by atoms with van der Waals surface area (Å²) in [6.07, 6.45) is 3.71. The molecule has 3 aromatic rings. The normalized spacial score (nSPS) is 10.0. The van der Waals surface area contributed by atoms with Gasteiger partial charge in [-0.2, -0.15) is 0 Å². The fraction of sp³-hybridized carbons (Fsp3) is 0.125. The van der Waals surface area contributed by atoms with E-state index in [1.807, 2.05) is 30.3 Å². The Morgan fingerprint density at radius 3 is 2.32 bits per heavy atom. The highest BCUT2D eigenvalue weighted by molar-refractivity contribution is 7.80. The standard InChI is InChI=1S/C24H23N5O4S/c30-21(16-26-22(31)19-7-4-13-25-15-19)28-29-24(34)27-23(32)18-8-10-20(11-9-18)33-14-12-17-5-2-1-3-6-17/h1-11,13,15H,12,14,16H2,(H,26,31)(H,28,30)(H2,27,29,32,34). The summed E-state index contributed by atoms with van der Waals surface area (Å²) in [5.74, 6) is -0.793. The van der Waals surface area contributed by atoms with E-state index >= 15 is 0 Å². The Labute approximate surface area is 201 Å². The van der Waals surface area contributed by atoms with E-state index in [4.69, 9.17) is 17.0 Å². The van der Waals surface area contributed by atoms with E-state index in [9.17, 15) is 14.4 Å². The first-order valence-electron chi connectivity index (χ1n) is 10.4. The van der Waals surface area contributed by atoms with E-state index in [0.717, 1.165) is 6.42 Å². The smallest absolute Gasteiger partial charge is 0.257 e. The number of hydrogen-bond donors (Lipinski definition) is 4. The van der Waals surface area contributed by atoms with E-state index in [0.29, 0.717) is 23.5 Å². The summed E-state index contributed by atoms with van der Waals surface area (Å²) in [4.78, 5) is 39.9. The van der Waals surface area contributed by atoms with Crippen LogP contribution in [0.3, 0.4) is 0 Å². The molecule has 0 radical (unpaired) electrons. The van der Waals surface area contributed by atoms with Crippen LogP contribution in [0.15, 0.2) is 79.1 Å². The number of rotatable bonds is 8. The van der Waals surface area contributed by atoms with Crippen LogP contribution in [0.1, 0.15) is 26.3 Å². The maximum atomic E-state index is 12.3. The van der Waals surface area contributed by atoms with Gasteiger partial charge in [-0.3, -0.25) is 35.5 Å². The summed E-state index contributed by atoms with van der Waals surface area (Å²) in [5, 5.41) is 4.80. The monoisotopic (exact) mass is 477 g/mol. The second-order valence-electron chi connectivity index (χ2n) is 6.99. The first-order valence-corrected chi connectivity index (χ1v) is 10.8. The molecule has 0 aliphatic heterocycles. The number of carbonyl (C=O) groups is 3. The summed E-state index contributed by atoms with van der Waals surface area (Å²) in [5.41, 5.74) is 6.59. The number of thiocarbonyl (C=S) groups is 1. The largest absolute Gasteiger partial charge is 0.493 e. The van der Waals surface area contributed by atoms with Crippen LogP contribution < -0.4 is 26.2 Å². The third-order valence-corrected chi connectivity index (χ3v) is 4.70. The third-order valence-electron chi connectivity index (χ3n) is 4.49.